The summed E-state index contributed by atoms with van der Waals surface area (Å²) in [6, 6.07) is 3.75. The van der Waals surface area contributed by atoms with Gasteiger partial charge in [0.1, 0.15) is 22.6 Å². The third-order valence-electron chi connectivity index (χ3n) is 2.02. The Hall–Kier alpha value is -1.17. The van der Waals surface area contributed by atoms with Crippen molar-refractivity contribution in [2.45, 2.75) is 13.0 Å². The molecule has 0 aliphatic carbocycles. The van der Waals surface area contributed by atoms with Crippen LogP contribution in [0.15, 0.2) is 21.9 Å². The number of aliphatic hydroxyl groups excluding tert-OH is 1. The second-order valence-electron chi connectivity index (χ2n) is 3.23. The Labute approximate surface area is 91.4 Å². The number of hydrogen-bond donors (Lipinski definition) is 2. The van der Waals surface area contributed by atoms with Crippen LogP contribution in [-0.2, 0) is 0 Å². The molecule has 15 heavy (non-hydrogen) atoms. The highest BCUT2D eigenvalue weighted by Gasteiger charge is 2.12. The first-order valence-electron chi connectivity index (χ1n) is 4.61. The molecule has 0 bridgehead atoms. The number of nitrogens with zero attached hydrogens (tertiary/aromatic N) is 1. The van der Waals surface area contributed by atoms with E-state index in [1.54, 1.807) is 0 Å². The number of thiazole rings is 1. The SMILES string of the molecule is Cc1ccc(-c2csc(C(O)CN)n2)o1. The van der Waals surface area contributed by atoms with Crippen molar-refractivity contribution in [1.82, 2.24) is 4.98 Å². The van der Waals surface area contributed by atoms with Gasteiger partial charge in [-0.05, 0) is 19.1 Å². The molecule has 1 atom stereocenters. The number of nitrogens with two attached hydrogens (primary N) is 1. The maximum absolute atomic E-state index is 9.49. The first-order valence-corrected chi connectivity index (χ1v) is 5.49. The Morgan fingerprint density at radius 2 is 2.40 bits per heavy atom. The summed E-state index contributed by atoms with van der Waals surface area (Å²) in [6.45, 7) is 2.07. The smallest absolute Gasteiger partial charge is 0.153 e. The van der Waals surface area contributed by atoms with Gasteiger partial charge in [-0.3, -0.25) is 0 Å². The zero-order valence-electron chi connectivity index (χ0n) is 8.30. The number of hydrogen-bond acceptors (Lipinski definition) is 5. The summed E-state index contributed by atoms with van der Waals surface area (Å²) in [5.41, 5.74) is 6.10. The highest BCUT2D eigenvalue weighted by molar-refractivity contribution is 7.10. The summed E-state index contributed by atoms with van der Waals surface area (Å²) in [6.07, 6.45) is -0.681. The molecule has 4 nitrogen and oxygen atoms in total. The van der Waals surface area contributed by atoms with Gasteiger partial charge in [-0.2, -0.15) is 0 Å². The predicted octanol–water partition coefficient (Wildman–Crippen LogP) is 1.70. The third-order valence-corrected chi connectivity index (χ3v) is 2.97. The van der Waals surface area contributed by atoms with Crippen molar-refractivity contribution in [3.05, 3.63) is 28.3 Å². The number of rotatable bonds is 3. The topological polar surface area (TPSA) is 72.3 Å². The highest BCUT2D eigenvalue weighted by atomic mass is 32.1. The van der Waals surface area contributed by atoms with Crippen LogP contribution in [0.2, 0.25) is 0 Å². The van der Waals surface area contributed by atoms with E-state index < -0.39 is 6.10 Å². The number of aliphatic hydroxyl groups is 1. The van der Waals surface area contributed by atoms with Crippen LogP contribution in [0.5, 0.6) is 0 Å². The minimum absolute atomic E-state index is 0.185. The lowest BCUT2D eigenvalue weighted by Gasteiger charge is -2.00. The number of furan rings is 1. The van der Waals surface area contributed by atoms with Gasteiger partial charge in [-0.15, -0.1) is 11.3 Å². The Morgan fingerprint density at radius 3 is 3.00 bits per heavy atom. The Balaban J connectivity index is 2.27. The zero-order valence-corrected chi connectivity index (χ0v) is 9.12. The van der Waals surface area contributed by atoms with E-state index in [1.165, 1.54) is 11.3 Å². The van der Waals surface area contributed by atoms with Crippen molar-refractivity contribution < 1.29 is 9.52 Å². The molecule has 2 rings (SSSR count). The van der Waals surface area contributed by atoms with E-state index in [2.05, 4.69) is 4.98 Å². The van der Waals surface area contributed by atoms with E-state index in [0.29, 0.717) is 5.01 Å². The van der Waals surface area contributed by atoms with Crippen molar-refractivity contribution in [2.24, 2.45) is 5.73 Å². The number of aryl methyl sites for hydroxylation is 1. The van der Waals surface area contributed by atoms with Crippen molar-refractivity contribution >= 4 is 11.3 Å². The van der Waals surface area contributed by atoms with Crippen molar-refractivity contribution in [3.8, 4) is 11.5 Å². The zero-order chi connectivity index (χ0) is 10.8. The Morgan fingerprint density at radius 1 is 1.60 bits per heavy atom. The molecule has 0 aliphatic rings. The van der Waals surface area contributed by atoms with Gasteiger partial charge in [0.25, 0.3) is 0 Å². The molecule has 1 unspecified atom stereocenters. The molecule has 3 N–H and O–H groups in total. The van der Waals surface area contributed by atoms with E-state index in [1.807, 2.05) is 24.4 Å². The largest absolute Gasteiger partial charge is 0.460 e. The van der Waals surface area contributed by atoms with Crippen LogP contribution in [0, 0.1) is 6.92 Å². The minimum Gasteiger partial charge on any atom is -0.460 e. The molecule has 2 heterocycles. The molecule has 0 aromatic carbocycles. The second kappa shape index (κ2) is 4.14. The van der Waals surface area contributed by atoms with Gasteiger partial charge in [-0.1, -0.05) is 0 Å². The van der Waals surface area contributed by atoms with Crippen LogP contribution in [0.3, 0.4) is 0 Å². The Kier molecular flexibility index (Phi) is 2.86. The van der Waals surface area contributed by atoms with Crippen molar-refractivity contribution in [1.29, 1.82) is 0 Å². The number of aromatic nitrogens is 1. The summed E-state index contributed by atoms with van der Waals surface area (Å²) in [5.74, 6) is 1.57. The van der Waals surface area contributed by atoms with Gasteiger partial charge >= 0.3 is 0 Å². The van der Waals surface area contributed by atoms with E-state index in [0.717, 1.165) is 17.2 Å². The molecular weight excluding hydrogens is 212 g/mol. The quantitative estimate of drug-likeness (QED) is 0.832. The summed E-state index contributed by atoms with van der Waals surface area (Å²) in [7, 11) is 0. The Bertz CT molecular complexity index is 450. The molecule has 2 aromatic rings. The molecule has 0 saturated heterocycles. The maximum atomic E-state index is 9.49. The van der Waals surface area contributed by atoms with E-state index in [9.17, 15) is 5.11 Å². The summed E-state index contributed by atoms with van der Waals surface area (Å²) in [4.78, 5) is 4.26. The highest BCUT2D eigenvalue weighted by Crippen LogP contribution is 2.26. The van der Waals surface area contributed by atoms with Crippen LogP contribution in [0.1, 0.15) is 16.9 Å². The third kappa shape index (κ3) is 2.09. The molecule has 0 amide bonds. The van der Waals surface area contributed by atoms with Crippen LogP contribution in [-0.4, -0.2) is 16.6 Å². The predicted molar refractivity (Wildman–Crippen MR) is 58.6 cm³/mol. The first-order chi connectivity index (χ1) is 7.20. The van der Waals surface area contributed by atoms with E-state index >= 15 is 0 Å². The lowest BCUT2D eigenvalue weighted by molar-refractivity contribution is 0.186. The molecule has 0 fully saturated rings. The lowest BCUT2D eigenvalue weighted by atomic mass is 10.3. The molecule has 0 spiro atoms. The lowest BCUT2D eigenvalue weighted by Crippen LogP contribution is -2.10. The molecule has 0 radical (unpaired) electrons. The average molecular weight is 224 g/mol. The van der Waals surface area contributed by atoms with Gasteiger partial charge < -0.3 is 15.3 Å². The van der Waals surface area contributed by atoms with Crippen LogP contribution in [0.25, 0.3) is 11.5 Å². The normalized spacial score (nSPS) is 13.0. The monoisotopic (exact) mass is 224 g/mol. The first kappa shape index (κ1) is 10.4. The molecule has 2 aromatic heterocycles. The fourth-order valence-electron chi connectivity index (χ4n) is 1.23. The van der Waals surface area contributed by atoms with Gasteiger partial charge in [-0.25, -0.2) is 4.98 Å². The van der Waals surface area contributed by atoms with Gasteiger partial charge in [0.2, 0.25) is 0 Å². The van der Waals surface area contributed by atoms with Crippen LogP contribution < -0.4 is 5.73 Å². The molecule has 0 aliphatic heterocycles. The van der Waals surface area contributed by atoms with Gasteiger partial charge in [0, 0.05) is 11.9 Å². The average Bonchev–Trinajstić information content (AvgIpc) is 2.84. The molecular formula is C10H12N2O2S. The maximum Gasteiger partial charge on any atom is 0.153 e. The van der Waals surface area contributed by atoms with Crippen molar-refractivity contribution in [2.75, 3.05) is 6.54 Å². The summed E-state index contributed by atoms with van der Waals surface area (Å²) >= 11 is 1.39. The fraction of sp³-hybridized carbons (Fsp3) is 0.300. The minimum atomic E-state index is -0.681. The molecule has 5 heteroatoms. The van der Waals surface area contributed by atoms with Gasteiger partial charge in [0.05, 0.1) is 0 Å². The summed E-state index contributed by atoms with van der Waals surface area (Å²) < 4.78 is 5.43. The molecule has 0 saturated carbocycles. The standard InChI is InChI=1S/C10H12N2O2S/c1-6-2-3-9(14-6)7-5-15-10(12-7)8(13)4-11/h2-3,5,8,13H,4,11H2,1H3. The van der Waals surface area contributed by atoms with Crippen molar-refractivity contribution in [3.63, 3.8) is 0 Å². The van der Waals surface area contributed by atoms with Crippen LogP contribution in [0.4, 0.5) is 0 Å². The second-order valence-corrected chi connectivity index (χ2v) is 4.12. The van der Waals surface area contributed by atoms with E-state index in [-0.39, 0.29) is 6.54 Å². The van der Waals surface area contributed by atoms with E-state index in [4.69, 9.17) is 10.2 Å². The summed E-state index contributed by atoms with van der Waals surface area (Å²) in [5, 5.41) is 12.0. The van der Waals surface area contributed by atoms with Gasteiger partial charge in [0.15, 0.2) is 5.76 Å². The molecule has 80 valence electrons. The van der Waals surface area contributed by atoms with Crippen LogP contribution >= 0.6 is 11.3 Å². The fourth-order valence-corrected chi connectivity index (χ4v) is 2.03.